The molecule has 4 rings (SSSR count). The first-order chi connectivity index (χ1) is 14.9. The topological polar surface area (TPSA) is 112 Å². The van der Waals surface area contributed by atoms with Gasteiger partial charge in [0.2, 0.25) is 11.9 Å². The molecular weight excluding hydrogens is 392 g/mol. The Bertz CT molecular complexity index is 1040. The highest BCUT2D eigenvalue weighted by molar-refractivity contribution is 5.78. The lowest BCUT2D eigenvalue weighted by Crippen LogP contribution is -2.45. The fraction of sp³-hybridized carbons (Fsp3) is 0.409. The Labute approximate surface area is 181 Å². The molecule has 9 nitrogen and oxygen atoms in total. The molecule has 3 aromatic heterocycles. The first kappa shape index (κ1) is 20.8. The van der Waals surface area contributed by atoms with Crippen molar-refractivity contribution in [3.05, 3.63) is 53.1 Å². The van der Waals surface area contributed by atoms with Crippen LogP contribution in [0.2, 0.25) is 0 Å². The fourth-order valence-electron chi connectivity index (χ4n) is 3.66. The number of aromatic amines is 1. The van der Waals surface area contributed by atoms with Crippen molar-refractivity contribution < 1.29 is 4.79 Å². The summed E-state index contributed by atoms with van der Waals surface area (Å²) < 4.78 is 0. The largest absolute Gasteiger partial charge is 0.353 e. The van der Waals surface area contributed by atoms with E-state index in [1.54, 1.807) is 6.20 Å². The molecule has 9 heteroatoms. The third-order valence-electron chi connectivity index (χ3n) is 5.28. The minimum absolute atomic E-state index is 0.0386. The highest BCUT2D eigenvalue weighted by Gasteiger charge is 2.23. The lowest BCUT2D eigenvalue weighted by molar-refractivity contribution is -0.121. The van der Waals surface area contributed by atoms with Gasteiger partial charge < -0.3 is 15.5 Å². The predicted octanol–water partition coefficient (Wildman–Crippen LogP) is 2.59. The van der Waals surface area contributed by atoms with E-state index in [2.05, 4.69) is 40.7 Å². The Morgan fingerprint density at radius 2 is 1.90 bits per heavy atom. The second kappa shape index (κ2) is 9.11. The van der Waals surface area contributed by atoms with Crippen LogP contribution in [0.25, 0.3) is 0 Å². The van der Waals surface area contributed by atoms with E-state index in [1.165, 1.54) is 0 Å². The van der Waals surface area contributed by atoms with Crippen molar-refractivity contribution in [1.29, 1.82) is 0 Å². The Balaban J connectivity index is 1.32. The summed E-state index contributed by atoms with van der Waals surface area (Å²) in [6, 6.07) is 7.88. The van der Waals surface area contributed by atoms with Crippen LogP contribution < -0.4 is 15.5 Å². The average Bonchev–Trinajstić information content (AvgIpc) is 3.14. The maximum absolute atomic E-state index is 12.4. The smallest absolute Gasteiger partial charge is 0.227 e. The highest BCUT2D eigenvalue weighted by atomic mass is 16.1. The number of aryl methyl sites for hydroxylation is 3. The number of pyridine rings is 1. The molecule has 1 fully saturated rings. The summed E-state index contributed by atoms with van der Waals surface area (Å²) in [5.74, 6) is 2.19. The van der Waals surface area contributed by atoms with Gasteiger partial charge in [-0.15, -0.1) is 0 Å². The standard InChI is InChI=1S/C22H28N8O/c1-14-4-5-17(13-23-14)12-21(31)25-18-6-8-30(9-7-18)22-24-15(2)10-19(27-22)26-20-11-16(3)28-29-20/h4-5,10-11,13,18H,6-9,12H2,1-3H3,(H,25,31)(H2,24,26,27,28,29). The fourth-order valence-corrected chi connectivity index (χ4v) is 3.66. The van der Waals surface area contributed by atoms with Crippen LogP contribution in [0.4, 0.5) is 17.6 Å². The minimum Gasteiger partial charge on any atom is -0.353 e. The molecule has 0 aromatic carbocycles. The second-order valence-electron chi connectivity index (χ2n) is 8.07. The maximum Gasteiger partial charge on any atom is 0.227 e. The first-order valence-electron chi connectivity index (χ1n) is 10.5. The van der Waals surface area contributed by atoms with Crippen LogP contribution in [0.1, 0.15) is 35.5 Å². The number of carbonyl (C=O) groups excluding carboxylic acids is 1. The van der Waals surface area contributed by atoms with Crippen LogP contribution in [-0.2, 0) is 11.2 Å². The summed E-state index contributed by atoms with van der Waals surface area (Å²) in [5.41, 5.74) is 3.76. The van der Waals surface area contributed by atoms with Gasteiger partial charge in [-0.3, -0.25) is 14.9 Å². The number of carbonyl (C=O) groups is 1. The maximum atomic E-state index is 12.4. The van der Waals surface area contributed by atoms with E-state index in [0.717, 1.165) is 60.2 Å². The molecule has 1 saturated heterocycles. The van der Waals surface area contributed by atoms with E-state index >= 15 is 0 Å². The molecule has 162 valence electrons. The van der Waals surface area contributed by atoms with Crippen LogP contribution in [0.3, 0.4) is 0 Å². The Morgan fingerprint density at radius 3 is 2.58 bits per heavy atom. The molecule has 0 aliphatic carbocycles. The molecule has 31 heavy (non-hydrogen) atoms. The molecular formula is C22H28N8O. The zero-order valence-electron chi connectivity index (χ0n) is 18.1. The van der Waals surface area contributed by atoms with Crippen LogP contribution in [0.15, 0.2) is 30.5 Å². The number of nitrogens with one attached hydrogen (secondary N) is 3. The lowest BCUT2D eigenvalue weighted by Gasteiger charge is -2.32. The number of nitrogens with zero attached hydrogens (tertiary/aromatic N) is 5. The molecule has 1 aliphatic rings. The van der Waals surface area contributed by atoms with Crippen LogP contribution in [-0.4, -0.2) is 50.2 Å². The number of hydrogen-bond acceptors (Lipinski definition) is 7. The number of H-pyrrole nitrogens is 1. The Morgan fingerprint density at radius 1 is 1.10 bits per heavy atom. The van der Waals surface area contributed by atoms with Crippen LogP contribution >= 0.6 is 0 Å². The van der Waals surface area contributed by atoms with E-state index in [-0.39, 0.29) is 11.9 Å². The first-order valence-corrected chi connectivity index (χ1v) is 10.5. The van der Waals surface area contributed by atoms with Crippen molar-refractivity contribution in [1.82, 2.24) is 30.5 Å². The van der Waals surface area contributed by atoms with E-state index in [0.29, 0.717) is 12.4 Å². The van der Waals surface area contributed by atoms with Gasteiger partial charge in [0, 0.05) is 54.5 Å². The summed E-state index contributed by atoms with van der Waals surface area (Å²) in [7, 11) is 0. The molecule has 0 saturated carbocycles. The van der Waals surface area contributed by atoms with Crippen molar-refractivity contribution >= 4 is 23.5 Å². The van der Waals surface area contributed by atoms with Gasteiger partial charge in [-0.05, 0) is 45.2 Å². The molecule has 0 unspecified atom stereocenters. The van der Waals surface area contributed by atoms with Gasteiger partial charge >= 0.3 is 0 Å². The third kappa shape index (κ3) is 5.56. The van der Waals surface area contributed by atoms with E-state index in [4.69, 9.17) is 0 Å². The van der Waals surface area contributed by atoms with E-state index in [1.807, 2.05) is 45.0 Å². The number of aromatic nitrogens is 5. The summed E-state index contributed by atoms with van der Waals surface area (Å²) in [6.07, 6.45) is 3.84. The van der Waals surface area contributed by atoms with Gasteiger partial charge in [-0.1, -0.05) is 6.07 Å². The molecule has 1 amide bonds. The molecule has 3 N–H and O–H groups in total. The summed E-state index contributed by atoms with van der Waals surface area (Å²) in [5, 5.41) is 13.5. The zero-order chi connectivity index (χ0) is 21.8. The van der Waals surface area contributed by atoms with Crippen molar-refractivity contribution in [2.75, 3.05) is 23.3 Å². The van der Waals surface area contributed by atoms with Crippen molar-refractivity contribution in [2.45, 2.75) is 46.1 Å². The number of amides is 1. The number of hydrogen-bond donors (Lipinski definition) is 3. The predicted molar refractivity (Wildman–Crippen MR) is 119 cm³/mol. The molecule has 3 aromatic rings. The lowest BCUT2D eigenvalue weighted by atomic mass is 10.0. The van der Waals surface area contributed by atoms with Gasteiger partial charge in [0.1, 0.15) is 5.82 Å². The molecule has 0 spiro atoms. The van der Waals surface area contributed by atoms with Gasteiger partial charge in [-0.25, -0.2) is 4.98 Å². The third-order valence-corrected chi connectivity index (χ3v) is 5.28. The Hall–Kier alpha value is -3.49. The molecule has 4 heterocycles. The van der Waals surface area contributed by atoms with Crippen molar-refractivity contribution in [3.8, 4) is 0 Å². The van der Waals surface area contributed by atoms with Gasteiger partial charge in [0.25, 0.3) is 0 Å². The van der Waals surface area contributed by atoms with Gasteiger partial charge in [0.05, 0.1) is 6.42 Å². The normalized spacial score (nSPS) is 14.5. The average molecular weight is 421 g/mol. The van der Waals surface area contributed by atoms with E-state index < -0.39 is 0 Å². The van der Waals surface area contributed by atoms with E-state index in [9.17, 15) is 4.79 Å². The van der Waals surface area contributed by atoms with Crippen molar-refractivity contribution in [2.24, 2.45) is 0 Å². The summed E-state index contributed by atoms with van der Waals surface area (Å²) >= 11 is 0. The monoisotopic (exact) mass is 420 g/mol. The molecule has 0 atom stereocenters. The summed E-state index contributed by atoms with van der Waals surface area (Å²) in [6.45, 7) is 7.43. The van der Waals surface area contributed by atoms with Crippen LogP contribution in [0.5, 0.6) is 0 Å². The van der Waals surface area contributed by atoms with Gasteiger partial charge in [-0.2, -0.15) is 10.1 Å². The number of rotatable bonds is 6. The van der Waals surface area contributed by atoms with Gasteiger partial charge in [0.15, 0.2) is 5.82 Å². The zero-order valence-corrected chi connectivity index (χ0v) is 18.1. The quantitative estimate of drug-likeness (QED) is 0.562. The number of piperidine rings is 1. The van der Waals surface area contributed by atoms with Crippen molar-refractivity contribution in [3.63, 3.8) is 0 Å². The molecule has 1 aliphatic heterocycles. The Kier molecular flexibility index (Phi) is 6.11. The second-order valence-corrected chi connectivity index (χ2v) is 8.07. The molecule has 0 radical (unpaired) electrons. The SMILES string of the molecule is Cc1ccc(CC(=O)NC2CCN(c3nc(C)cc(Nc4cc(C)[nH]n4)n3)CC2)cn1. The number of anilines is 3. The minimum atomic E-state index is 0.0386. The summed E-state index contributed by atoms with van der Waals surface area (Å²) in [4.78, 5) is 28.1. The van der Waals surface area contributed by atoms with Crippen LogP contribution in [0, 0.1) is 20.8 Å². The molecule has 0 bridgehead atoms. The highest BCUT2D eigenvalue weighted by Crippen LogP contribution is 2.21.